The van der Waals surface area contributed by atoms with Crippen LogP contribution in [0.1, 0.15) is 135 Å². The molecule has 4 aliphatic rings. The first kappa shape index (κ1) is 45.0. The number of likely N-dealkylation sites (tertiary alicyclic amines) is 1. The summed E-state index contributed by atoms with van der Waals surface area (Å²) in [4.78, 5) is 75.1. The van der Waals surface area contributed by atoms with Crippen molar-refractivity contribution in [3.63, 3.8) is 0 Å². The van der Waals surface area contributed by atoms with Crippen molar-refractivity contribution < 1.29 is 24.0 Å². The number of hydrogen-bond acceptors (Lipinski definition) is 6. The molecule has 2 aliphatic heterocycles. The molecular formula is C51H68N6O5. The lowest BCUT2D eigenvalue weighted by Crippen LogP contribution is -2.60. The summed E-state index contributed by atoms with van der Waals surface area (Å²) in [6.45, 7) is 7.60. The third kappa shape index (κ3) is 11.7. The molecule has 2 saturated carbocycles. The van der Waals surface area contributed by atoms with Gasteiger partial charge in [-0.2, -0.15) is 0 Å². The van der Waals surface area contributed by atoms with E-state index in [-0.39, 0.29) is 66.5 Å². The molecule has 2 heterocycles. The maximum Gasteiger partial charge on any atom is 0.253 e. The van der Waals surface area contributed by atoms with Crippen molar-refractivity contribution in [3.8, 4) is 0 Å². The van der Waals surface area contributed by atoms with Crippen LogP contribution in [0.15, 0.2) is 84.9 Å². The zero-order valence-corrected chi connectivity index (χ0v) is 36.9. The van der Waals surface area contributed by atoms with Crippen molar-refractivity contribution in [2.75, 3.05) is 45.8 Å². The molecule has 3 N–H and O–H groups in total. The Hall–Kier alpha value is -5.03. The second-order valence-corrected chi connectivity index (χ2v) is 18.2. The first-order valence-electron chi connectivity index (χ1n) is 23.7. The average molecular weight is 845 g/mol. The Morgan fingerprint density at radius 1 is 0.532 bits per heavy atom. The molecule has 3 aromatic rings. The molecule has 0 spiro atoms. The van der Waals surface area contributed by atoms with Crippen molar-refractivity contribution in [1.29, 1.82) is 0 Å². The summed E-state index contributed by atoms with van der Waals surface area (Å²) in [6, 6.07) is 26.5. The zero-order valence-electron chi connectivity index (χ0n) is 36.9. The molecule has 0 bridgehead atoms. The van der Waals surface area contributed by atoms with Gasteiger partial charge in [0.2, 0.25) is 17.7 Å². The van der Waals surface area contributed by atoms with Gasteiger partial charge in [-0.3, -0.25) is 28.9 Å². The Kier molecular flexibility index (Phi) is 15.9. The van der Waals surface area contributed by atoms with Crippen molar-refractivity contribution >= 4 is 29.5 Å². The number of nitrogens with one attached hydrogen (secondary N) is 3. The van der Waals surface area contributed by atoms with E-state index in [9.17, 15) is 24.0 Å². The van der Waals surface area contributed by atoms with Gasteiger partial charge in [0.15, 0.2) is 0 Å². The van der Waals surface area contributed by atoms with Crippen molar-refractivity contribution in [2.24, 2.45) is 11.8 Å². The molecular weight excluding hydrogens is 777 g/mol. The van der Waals surface area contributed by atoms with Gasteiger partial charge in [-0.15, -0.1) is 0 Å². The summed E-state index contributed by atoms with van der Waals surface area (Å²) in [6.07, 6.45) is 13.1. The third-order valence-corrected chi connectivity index (χ3v) is 13.6. The van der Waals surface area contributed by atoms with Crippen molar-refractivity contribution in [3.05, 3.63) is 107 Å². The fourth-order valence-electron chi connectivity index (χ4n) is 9.55. The van der Waals surface area contributed by atoms with Gasteiger partial charge < -0.3 is 25.8 Å². The normalized spacial score (nSPS) is 24.3. The highest BCUT2D eigenvalue weighted by molar-refractivity contribution is 5.99. The Morgan fingerprint density at radius 2 is 1.02 bits per heavy atom. The number of rotatable bonds is 21. The van der Waals surface area contributed by atoms with E-state index in [1.807, 2.05) is 36.4 Å². The fourth-order valence-corrected chi connectivity index (χ4v) is 9.55. The minimum absolute atomic E-state index is 0.00199. The van der Waals surface area contributed by atoms with Crippen LogP contribution in [0.3, 0.4) is 0 Å². The number of unbranched alkanes of at least 4 members (excludes halogenated alkanes) is 8. The lowest BCUT2D eigenvalue weighted by Gasteiger charge is -2.40. The molecule has 2 unspecified atom stereocenters. The molecule has 0 aromatic heterocycles. The second-order valence-electron chi connectivity index (χ2n) is 18.2. The molecule has 7 rings (SSSR count). The highest BCUT2D eigenvalue weighted by atomic mass is 16.2. The SMILES string of the molecule is CCCCCCCCN1CCN(C(=O)c2ccc(C(=O)N3C[C@@H](C(=O)NC4C[C@@H]4c4ccccc4)[C@H](C(=O)N[C@H]4C[C@@H]4c4ccccc4)C3)cc2)CC1C(=O)NCCCCCC. The Bertz CT molecular complexity index is 1880. The Morgan fingerprint density at radius 3 is 1.55 bits per heavy atom. The number of hydrogen-bond donors (Lipinski definition) is 3. The molecule has 2 saturated heterocycles. The molecule has 11 heteroatoms. The van der Waals surface area contributed by atoms with Crippen LogP contribution in [0.4, 0.5) is 0 Å². The number of amides is 5. The summed E-state index contributed by atoms with van der Waals surface area (Å²) >= 11 is 0. The maximum absolute atomic E-state index is 14.1. The van der Waals surface area contributed by atoms with Crippen LogP contribution in [0, 0.1) is 11.8 Å². The van der Waals surface area contributed by atoms with Gasteiger partial charge in [-0.1, -0.05) is 126 Å². The van der Waals surface area contributed by atoms with Crippen LogP contribution in [-0.2, 0) is 14.4 Å². The lowest BCUT2D eigenvalue weighted by atomic mass is 9.94. The van der Waals surface area contributed by atoms with Crippen LogP contribution in [0.25, 0.3) is 0 Å². The van der Waals surface area contributed by atoms with E-state index in [0.717, 1.165) is 57.9 Å². The largest absolute Gasteiger partial charge is 0.355 e. The Labute approximate surface area is 368 Å². The standard InChI is InChI=1S/C51H68N6O5/c1-3-5-7-9-10-18-28-55-29-30-56(35-46(55)49(60)52-27-17-8-6-4-2)50(61)38-23-25-39(26-24-38)51(62)57-33-42(47(58)53-44-31-40(44)36-19-13-11-14-20-36)43(34-57)48(59)54-45-32-41(45)37-21-15-12-16-22-37/h11-16,19-26,40-46H,3-10,17-18,27-35H2,1-2H3,(H,52,60)(H,53,58)(H,54,59)/t40-,41-,42-,43-,44+,45?,46?/m1/s1. The highest BCUT2D eigenvalue weighted by Gasteiger charge is 2.49. The molecule has 7 atom stereocenters. The number of nitrogens with zero attached hydrogens (tertiary/aromatic N) is 3. The molecule has 3 aromatic carbocycles. The molecule has 2 aliphatic carbocycles. The van der Waals surface area contributed by atoms with Gasteiger partial charge in [0, 0.05) is 74.3 Å². The Balaban J connectivity index is 0.977. The van der Waals surface area contributed by atoms with Crippen LogP contribution in [-0.4, -0.2) is 108 Å². The molecule has 11 nitrogen and oxygen atoms in total. The summed E-state index contributed by atoms with van der Waals surface area (Å²) < 4.78 is 0. The van der Waals surface area contributed by atoms with Gasteiger partial charge in [-0.05, 0) is 67.6 Å². The van der Waals surface area contributed by atoms with Crippen LogP contribution in [0.2, 0.25) is 0 Å². The van der Waals surface area contributed by atoms with Gasteiger partial charge in [-0.25, -0.2) is 0 Å². The van der Waals surface area contributed by atoms with E-state index >= 15 is 0 Å². The number of carbonyl (C=O) groups excluding carboxylic acids is 5. The minimum atomic E-state index is -0.688. The van der Waals surface area contributed by atoms with Crippen LogP contribution < -0.4 is 16.0 Å². The van der Waals surface area contributed by atoms with Gasteiger partial charge in [0.05, 0.1) is 11.8 Å². The first-order chi connectivity index (χ1) is 30.2. The lowest BCUT2D eigenvalue weighted by molar-refractivity contribution is -0.133. The summed E-state index contributed by atoms with van der Waals surface area (Å²) in [5.74, 6) is -1.76. The van der Waals surface area contributed by atoms with E-state index in [0.29, 0.717) is 37.3 Å². The molecule has 62 heavy (non-hydrogen) atoms. The maximum atomic E-state index is 14.1. The van der Waals surface area contributed by atoms with Crippen molar-refractivity contribution in [2.45, 2.75) is 121 Å². The summed E-state index contributed by atoms with van der Waals surface area (Å²) in [5.41, 5.74) is 3.21. The van der Waals surface area contributed by atoms with Gasteiger partial charge >= 0.3 is 0 Å². The molecule has 4 fully saturated rings. The van der Waals surface area contributed by atoms with E-state index in [1.54, 1.807) is 34.1 Å². The van der Waals surface area contributed by atoms with E-state index < -0.39 is 17.9 Å². The van der Waals surface area contributed by atoms with Gasteiger partial charge in [0.1, 0.15) is 6.04 Å². The smallest absolute Gasteiger partial charge is 0.253 e. The minimum Gasteiger partial charge on any atom is -0.355 e. The first-order valence-corrected chi connectivity index (χ1v) is 23.7. The molecule has 332 valence electrons. The summed E-state index contributed by atoms with van der Waals surface area (Å²) in [5, 5.41) is 9.57. The number of piperazine rings is 1. The molecule has 0 radical (unpaired) electrons. The topological polar surface area (TPSA) is 131 Å². The quantitative estimate of drug-likeness (QED) is 0.100. The number of carbonyl (C=O) groups is 5. The highest BCUT2D eigenvalue weighted by Crippen LogP contribution is 2.42. The predicted octanol–water partition coefficient (Wildman–Crippen LogP) is 6.90. The van der Waals surface area contributed by atoms with Crippen LogP contribution in [0.5, 0.6) is 0 Å². The van der Waals surface area contributed by atoms with E-state index in [2.05, 4.69) is 59.0 Å². The average Bonchev–Trinajstić information content (AvgIpc) is 4.22. The fraction of sp³-hybridized carbons (Fsp3) is 0.549. The monoisotopic (exact) mass is 845 g/mol. The predicted molar refractivity (Wildman–Crippen MR) is 243 cm³/mol. The zero-order chi connectivity index (χ0) is 43.4. The van der Waals surface area contributed by atoms with Gasteiger partial charge in [0.25, 0.3) is 11.8 Å². The second kappa shape index (κ2) is 21.9. The van der Waals surface area contributed by atoms with Crippen molar-refractivity contribution in [1.82, 2.24) is 30.7 Å². The number of benzene rings is 3. The van der Waals surface area contributed by atoms with E-state index in [4.69, 9.17) is 0 Å². The van der Waals surface area contributed by atoms with Crippen LogP contribution >= 0.6 is 0 Å². The van der Waals surface area contributed by atoms with E-state index in [1.165, 1.54) is 36.8 Å². The molecule has 5 amide bonds. The summed E-state index contributed by atoms with van der Waals surface area (Å²) in [7, 11) is 0. The third-order valence-electron chi connectivity index (χ3n) is 13.6.